The van der Waals surface area contributed by atoms with Gasteiger partial charge in [0.05, 0.1) is 11.6 Å². The van der Waals surface area contributed by atoms with Crippen LogP contribution in [0.4, 0.5) is 10.1 Å². The minimum absolute atomic E-state index is 0.0532. The molecule has 114 valence electrons. The number of hydrogen-bond acceptors (Lipinski definition) is 3. The number of hydrogen-bond donors (Lipinski definition) is 1. The van der Waals surface area contributed by atoms with Crippen LogP contribution in [0.2, 0.25) is 0 Å². The number of carbonyl (C=O) groups excluding carboxylic acids is 1. The van der Waals surface area contributed by atoms with E-state index >= 15 is 0 Å². The van der Waals surface area contributed by atoms with E-state index < -0.39 is 23.6 Å². The maximum Gasteiger partial charge on any atom is 0.308 e. The fraction of sp³-hybridized carbons (Fsp3) is 0.188. The Morgan fingerprint density at radius 2 is 1.86 bits per heavy atom. The van der Waals surface area contributed by atoms with Gasteiger partial charge in [0.2, 0.25) is 0 Å². The van der Waals surface area contributed by atoms with Crippen LogP contribution in [0.15, 0.2) is 48.8 Å². The highest BCUT2D eigenvalue weighted by atomic mass is 19.1. The van der Waals surface area contributed by atoms with E-state index in [-0.39, 0.29) is 12.2 Å². The zero-order valence-corrected chi connectivity index (χ0v) is 11.9. The molecule has 1 heterocycles. The van der Waals surface area contributed by atoms with Crippen LogP contribution in [-0.2, 0) is 4.79 Å². The lowest BCUT2D eigenvalue weighted by molar-refractivity contribution is -0.140. The van der Waals surface area contributed by atoms with Crippen LogP contribution in [0.1, 0.15) is 17.3 Å². The molecule has 0 aliphatic carbocycles. The van der Waals surface area contributed by atoms with Gasteiger partial charge in [-0.15, -0.1) is 0 Å². The number of carboxylic acid groups (broad SMARTS) is 1. The number of rotatable bonds is 5. The molecular formula is C16H15FN2O3. The van der Waals surface area contributed by atoms with Crippen molar-refractivity contribution in [1.29, 1.82) is 0 Å². The number of carboxylic acids is 1. The van der Waals surface area contributed by atoms with Gasteiger partial charge in [-0.1, -0.05) is 19.1 Å². The monoisotopic (exact) mass is 302 g/mol. The van der Waals surface area contributed by atoms with Crippen molar-refractivity contribution in [2.45, 2.75) is 6.92 Å². The van der Waals surface area contributed by atoms with Crippen molar-refractivity contribution >= 4 is 17.6 Å². The van der Waals surface area contributed by atoms with Gasteiger partial charge in [0.15, 0.2) is 0 Å². The first kappa shape index (κ1) is 15.6. The van der Waals surface area contributed by atoms with E-state index in [0.29, 0.717) is 5.56 Å². The third-order valence-electron chi connectivity index (χ3n) is 3.19. The molecule has 6 heteroatoms. The second kappa shape index (κ2) is 6.80. The molecule has 0 spiro atoms. The van der Waals surface area contributed by atoms with Gasteiger partial charge in [-0.05, 0) is 24.3 Å². The maximum absolute atomic E-state index is 14.0. The summed E-state index contributed by atoms with van der Waals surface area (Å²) in [5.41, 5.74) is 0.369. The molecule has 2 rings (SSSR count). The van der Waals surface area contributed by atoms with Crippen molar-refractivity contribution in [3.63, 3.8) is 0 Å². The molecule has 22 heavy (non-hydrogen) atoms. The Kier molecular flexibility index (Phi) is 4.83. The predicted octanol–water partition coefficient (Wildman–Crippen LogP) is 2.59. The molecule has 0 saturated carbocycles. The smallest absolute Gasteiger partial charge is 0.308 e. The zero-order chi connectivity index (χ0) is 16.1. The van der Waals surface area contributed by atoms with Gasteiger partial charge in [0, 0.05) is 24.5 Å². The summed E-state index contributed by atoms with van der Waals surface area (Å²) in [6.07, 6.45) is 2.90. The number of pyridine rings is 1. The standard InChI is InChI=1S/C16H15FN2O3/c1-11(16(21)22)10-19(14-5-3-2-4-13(14)17)15(20)12-6-8-18-9-7-12/h2-9,11H,10H2,1H3,(H,21,22). The van der Waals surface area contributed by atoms with E-state index in [0.717, 1.165) is 4.90 Å². The highest BCUT2D eigenvalue weighted by Gasteiger charge is 2.25. The van der Waals surface area contributed by atoms with Crippen molar-refractivity contribution in [3.05, 3.63) is 60.2 Å². The van der Waals surface area contributed by atoms with Crippen LogP contribution in [0, 0.1) is 11.7 Å². The van der Waals surface area contributed by atoms with Crippen molar-refractivity contribution < 1.29 is 19.1 Å². The fourth-order valence-electron chi connectivity index (χ4n) is 1.96. The van der Waals surface area contributed by atoms with Gasteiger partial charge >= 0.3 is 5.97 Å². The Morgan fingerprint density at radius 1 is 1.23 bits per heavy atom. The van der Waals surface area contributed by atoms with Crippen LogP contribution < -0.4 is 4.90 Å². The summed E-state index contributed by atoms with van der Waals surface area (Å²) in [4.78, 5) is 28.6. The zero-order valence-electron chi connectivity index (χ0n) is 11.9. The van der Waals surface area contributed by atoms with Crippen LogP contribution in [0.3, 0.4) is 0 Å². The first-order valence-electron chi connectivity index (χ1n) is 6.70. The lowest BCUT2D eigenvalue weighted by Gasteiger charge is -2.25. The van der Waals surface area contributed by atoms with Gasteiger partial charge in [0.1, 0.15) is 5.82 Å². The Balaban J connectivity index is 2.40. The Labute approximate surface area is 127 Å². The van der Waals surface area contributed by atoms with Crippen molar-refractivity contribution in [3.8, 4) is 0 Å². The summed E-state index contributed by atoms with van der Waals surface area (Å²) in [6.45, 7) is 1.34. The quantitative estimate of drug-likeness (QED) is 0.921. The molecule has 1 atom stereocenters. The maximum atomic E-state index is 14.0. The second-order valence-electron chi connectivity index (χ2n) is 4.84. The molecule has 0 aliphatic heterocycles. The second-order valence-corrected chi connectivity index (χ2v) is 4.84. The number of halogens is 1. The minimum Gasteiger partial charge on any atom is -0.481 e. The first-order valence-corrected chi connectivity index (χ1v) is 6.70. The van der Waals surface area contributed by atoms with E-state index in [1.165, 1.54) is 49.6 Å². The lowest BCUT2D eigenvalue weighted by Crippen LogP contribution is -2.37. The molecular weight excluding hydrogens is 287 g/mol. The number of amides is 1. The van der Waals surface area contributed by atoms with Crippen molar-refractivity contribution in [1.82, 2.24) is 4.98 Å². The largest absolute Gasteiger partial charge is 0.481 e. The van der Waals surface area contributed by atoms with E-state index in [4.69, 9.17) is 5.11 Å². The van der Waals surface area contributed by atoms with Crippen molar-refractivity contribution in [2.24, 2.45) is 5.92 Å². The number of aliphatic carboxylic acids is 1. The van der Waals surface area contributed by atoms with E-state index in [2.05, 4.69) is 4.98 Å². The third-order valence-corrected chi connectivity index (χ3v) is 3.19. The molecule has 0 saturated heterocycles. The number of para-hydroxylation sites is 1. The van der Waals surface area contributed by atoms with Gasteiger partial charge in [-0.3, -0.25) is 14.6 Å². The fourth-order valence-corrected chi connectivity index (χ4v) is 1.96. The van der Waals surface area contributed by atoms with Crippen molar-refractivity contribution in [2.75, 3.05) is 11.4 Å². The van der Waals surface area contributed by atoms with Gasteiger partial charge < -0.3 is 10.0 Å². The molecule has 1 N–H and O–H groups in total. The molecule has 0 fully saturated rings. The Hall–Kier alpha value is -2.76. The summed E-state index contributed by atoms with van der Waals surface area (Å²) in [5, 5.41) is 9.06. The summed E-state index contributed by atoms with van der Waals surface area (Å²) >= 11 is 0. The molecule has 2 aromatic rings. The predicted molar refractivity (Wildman–Crippen MR) is 79.1 cm³/mol. The van der Waals surface area contributed by atoms with E-state index in [9.17, 15) is 14.0 Å². The number of nitrogens with zero attached hydrogens (tertiary/aromatic N) is 2. The normalized spacial score (nSPS) is 11.7. The molecule has 1 unspecified atom stereocenters. The highest BCUT2D eigenvalue weighted by Crippen LogP contribution is 2.22. The molecule has 0 radical (unpaired) electrons. The molecule has 1 aromatic carbocycles. The van der Waals surface area contributed by atoms with Gasteiger partial charge in [-0.2, -0.15) is 0 Å². The Morgan fingerprint density at radius 3 is 2.45 bits per heavy atom. The van der Waals surface area contributed by atoms with E-state index in [1.807, 2.05) is 0 Å². The van der Waals surface area contributed by atoms with E-state index in [1.54, 1.807) is 6.07 Å². The minimum atomic E-state index is -1.05. The number of benzene rings is 1. The van der Waals surface area contributed by atoms with Crippen LogP contribution >= 0.6 is 0 Å². The lowest BCUT2D eigenvalue weighted by atomic mass is 10.1. The first-order chi connectivity index (χ1) is 10.5. The number of anilines is 1. The molecule has 0 bridgehead atoms. The van der Waals surface area contributed by atoms with Crippen LogP contribution in [0.5, 0.6) is 0 Å². The number of aromatic nitrogens is 1. The molecule has 5 nitrogen and oxygen atoms in total. The average Bonchev–Trinajstić information content (AvgIpc) is 2.53. The molecule has 1 aromatic heterocycles. The SMILES string of the molecule is CC(CN(C(=O)c1ccncc1)c1ccccc1F)C(=O)O. The highest BCUT2D eigenvalue weighted by molar-refractivity contribution is 6.06. The van der Waals surface area contributed by atoms with Gasteiger partial charge in [-0.25, -0.2) is 4.39 Å². The summed E-state index contributed by atoms with van der Waals surface area (Å²) in [6, 6.07) is 8.78. The molecule has 1 amide bonds. The third kappa shape index (κ3) is 3.46. The number of carbonyl (C=O) groups is 2. The topological polar surface area (TPSA) is 70.5 Å². The van der Waals surface area contributed by atoms with Crippen LogP contribution in [-0.4, -0.2) is 28.5 Å². The van der Waals surface area contributed by atoms with Crippen LogP contribution in [0.25, 0.3) is 0 Å². The molecule has 0 aliphatic rings. The van der Waals surface area contributed by atoms with Gasteiger partial charge in [0.25, 0.3) is 5.91 Å². The summed E-state index contributed by atoms with van der Waals surface area (Å²) in [7, 11) is 0. The summed E-state index contributed by atoms with van der Waals surface area (Å²) in [5.74, 6) is -2.93. The Bertz CT molecular complexity index is 676. The summed E-state index contributed by atoms with van der Waals surface area (Å²) < 4.78 is 14.0. The average molecular weight is 302 g/mol.